The van der Waals surface area contributed by atoms with Crippen LogP contribution in [-0.2, 0) is 146 Å². The molecule has 0 aromatic carbocycles. The van der Waals surface area contributed by atoms with E-state index in [2.05, 4.69) is 92.3 Å². The highest BCUT2D eigenvalue weighted by atomic mass is 32.7. The first-order valence-corrected chi connectivity index (χ1v) is 54.4. The minimum absolute atomic E-state index is 0.0158. The van der Waals surface area contributed by atoms with Gasteiger partial charge in [0.25, 0.3) is 16.7 Å². The van der Waals surface area contributed by atoms with Crippen LogP contribution in [0.4, 0.5) is 52.5 Å². The number of nitrogens with zero attached hydrogens (tertiary/aromatic N) is 19. The Morgan fingerprint density at radius 3 is 1.14 bits per heavy atom. The molecule has 71 heteroatoms. The molecule has 133 heavy (non-hydrogen) atoms. The Hall–Kier alpha value is -7.73. The number of hydrogen-bond donors (Lipinski definition) is 15. The average Bonchev–Trinajstić information content (AvgIpc) is 1.60. The highest BCUT2D eigenvalue weighted by molar-refractivity contribution is 8.44. The van der Waals surface area contributed by atoms with Crippen molar-refractivity contribution in [1.82, 2.24) is 108 Å². The van der Waals surface area contributed by atoms with Gasteiger partial charge in [-0.05, 0) is 77.2 Å². The maximum atomic E-state index is 16.0. The molecule has 0 spiro atoms. The van der Waals surface area contributed by atoms with Crippen LogP contribution in [-0.4, -0.2) is 270 Å². The smallest absolute Gasteiger partial charge is 0.386 e. The van der Waals surface area contributed by atoms with Crippen molar-refractivity contribution >= 4 is 214 Å². The van der Waals surface area contributed by atoms with E-state index in [9.17, 15) is 43.4 Å². The average molecular weight is 2090 g/mol. The Kier molecular flexibility index (Phi) is 25.7. The monoisotopic (exact) mass is 2090 g/mol. The number of pyridine rings is 3. The number of nitrogens with one attached hydrogen (secondary N) is 3. The van der Waals surface area contributed by atoms with Crippen LogP contribution in [0.25, 0.3) is 67.0 Å². The van der Waals surface area contributed by atoms with Gasteiger partial charge in [-0.15, -0.1) is 5.10 Å². The summed E-state index contributed by atoms with van der Waals surface area (Å²) in [5.41, 5.74) is 35.3. The van der Waals surface area contributed by atoms with Crippen molar-refractivity contribution in [2.45, 2.75) is 148 Å². The minimum atomic E-state index is -4.36. The second kappa shape index (κ2) is 36.2. The van der Waals surface area contributed by atoms with Gasteiger partial charge >= 0.3 is 40.4 Å². The molecule has 714 valence electrons. The van der Waals surface area contributed by atoms with Crippen molar-refractivity contribution in [3.8, 4) is 0 Å². The normalized spacial score (nSPS) is 36.9. The summed E-state index contributed by atoms with van der Waals surface area (Å²) in [5, 5.41) is 7.82. The fourth-order valence-electron chi connectivity index (χ4n) is 15.9. The molecule has 28 atom stereocenters. The molecule has 0 saturated carbocycles. The number of fused-ring (bicyclic) bond motifs is 15. The third-order valence-electron chi connectivity index (χ3n) is 21.7. The van der Waals surface area contributed by atoms with Gasteiger partial charge in [0.15, 0.2) is 118 Å². The van der Waals surface area contributed by atoms with E-state index in [-0.39, 0.29) is 106 Å². The Bertz CT molecular complexity index is 6790. The fourth-order valence-corrected chi connectivity index (χ4v) is 24.6. The molecule has 9 aliphatic rings. The number of thiol groups is 1. The zero-order chi connectivity index (χ0) is 93.8. The topological polar surface area (TPSA) is 736 Å². The van der Waals surface area contributed by atoms with E-state index in [4.69, 9.17) is 176 Å². The van der Waals surface area contributed by atoms with Crippen LogP contribution in [0.1, 0.15) is 50.2 Å². The molecule has 8 unspecified atom stereocenters. The number of nitrogens with two attached hydrogens (primary N) is 6. The Morgan fingerprint density at radius 1 is 0.368 bits per heavy atom. The van der Waals surface area contributed by atoms with Gasteiger partial charge in [-0.3, -0.25) is 79.3 Å². The molecule has 21 heterocycles. The summed E-state index contributed by atoms with van der Waals surface area (Å²) in [4.78, 5) is 144. The number of nitrogen functional groups attached to an aromatic ring is 6. The van der Waals surface area contributed by atoms with Crippen LogP contribution >= 0.6 is 52.6 Å². The number of anilines is 6. The van der Waals surface area contributed by atoms with Gasteiger partial charge in [-0.2, -0.15) is 19.6 Å². The van der Waals surface area contributed by atoms with Crippen molar-refractivity contribution in [3.63, 3.8) is 0 Å². The van der Waals surface area contributed by atoms with E-state index in [0.29, 0.717) is 22.4 Å². The third kappa shape index (κ3) is 18.8. The van der Waals surface area contributed by atoms with Crippen molar-refractivity contribution in [3.05, 3.63) is 99.5 Å². The van der Waals surface area contributed by atoms with Crippen molar-refractivity contribution in [1.29, 1.82) is 0 Å². The van der Waals surface area contributed by atoms with E-state index in [1.165, 1.54) is 68.2 Å². The molecule has 9 saturated heterocycles. The molecular weight excluding hydrogens is 2020 g/mol. The van der Waals surface area contributed by atoms with Crippen LogP contribution in [0.3, 0.4) is 0 Å². The van der Waals surface area contributed by atoms with Crippen LogP contribution < -0.4 is 51.1 Å². The number of imidazole rings is 5. The van der Waals surface area contributed by atoms with E-state index >= 15 is 17.6 Å². The largest absolute Gasteiger partial charge is 0.397 e. The Labute approximate surface area is 767 Å². The Morgan fingerprint density at radius 2 is 0.699 bits per heavy atom. The summed E-state index contributed by atoms with van der Waals surface area (Å²) >= 11 is 30.1. The van der Waals surface area contributed by atoms with E-state index in [0.717, 1.165) is 15.6 Å². The zero-order valence-corrected chi connectivity index (χ0v) is 76.9. The van der Waals surface area contributed by atoms with E-state index in [1.807, 2.05) is 0 Å². The molecule has 20 N–H and O–H groups in total. The molecule has 21 rings (SSSR count). The number of aromatic amines is 3. The molecule has 12 aromatic heterocycles. The summed E-state index contributed by atoms with van der Waals surface area (Å²) in [6.45, 7) is -28.3. The molecule has 0 amide bonds. The quantitative estimate of drug-likeness (QED) is 0.0639. The standard InChI is InChI=1S/2C21H24FN9O9P2S2.C20H22F2N10O9P2S2/c2*22-12-15-11(38-20(12)30-6-26-13-9(23)1-2-25-16(13)30)5-36-41(33,43)39-10-3-8(4-35-42(34,44)40-15)37-19(10)31-7-27-14-17(31)28-21(24)29-18(14)32;21-9-7-3-36-42(34,44)40-13-8(39-18(10(13)22)32-15-11(29-30-32)6(23)1-2-25-15)4-37-43(35,45)41-14(9)19(38-7)31-5-26-12-16(31)27-20(24)28-17(12)33/h2*1-2,6-8,10-12,15,19-20H,3-5H2,(H2,23,25)(H,33,43)(H,34,44)(H3,24,28,29,32);1-2,5,7-10,13-14,18-19H,3-4H2,(H2,23,25)(H,34,44)(H,35,45)(H3,24,27,28,33)/t2*8-,10-,11+,12?,15-,19+,20+,41?,42?;7-,8-,9-,10+,13-,14-,18-,19-,42?,43?/m001/s1. The molecular formula is C62H70F4N28O27P6S6. The van der Waals surface area contributed by atoms with Crippen molar-refractivity contribution in [2.24, 2.45) is 0 Å². The minimum Gasteiger partial charge on any atom is -0.397 e. The highest BCUT2D eigenvalue weighted by Gasteiger charge is 2.58. The van der Waals surface area contributed by atoms with Gasteiger partial charge in [-0.1, -0.05) is 17.5 Å². The molecule has 55 nitrogen and oxygen atoms in total. The zero-order valence-electron chi connectivity index (χ0n) is 66.6. The predicted molar refractivity (Wildman–Crippen MR) is 468 cm³/mol. The van der Waals surface area contributed by atoms with Crippen molar-refractivity contribution in [2.75, 3.05) is 74.0 Å². The van der Waals surface area contributed by atoms with E-state index < -0.39 is 219 Å². The lowest BCUT2D eigenvalue weighted by atomic mass is 10.1. The molecule has 9 fully saturated rings. The number of alkyl halides is 4. The van der Waals surface area contributed by atoms with Crippen LogP contribution in [0.15, 0.2) is 82.8 Å². The number of rotatable bonds is 6. The molecule has 6 bridgehead atoms. The van der Waals surface area contributed by atoms with Crippen LogP contribution in [0.5, 0.6) is 0 Å². The number of hydrogen-bond acceptors (Lipinski definition) is 46. The fraction of sp³-hybridized carbons (Fsp3) is 0.484. The molecule has 0 radical (unpaired) electrons. The maximum absolute atomic E-state index is 16.0. The second-order valence-electron chi connectivity index (χ2n) is 30.3. The summed E-state index contributed by atoms with van der Waals surface area (Å²) in [5.74, 6) is -0.582. The number of aromatic nitrogens is 22. The SMILES string of the molecule is Nc1nc2c(ncn2[C@@H]2O[C@@H]3COP(O)(=S)O[C@@H]4C(F)[C@H](n5cnc6c(N)ccnc65)O[C@@H]4COP(=O)(S)O[C@H]2C3)c(=O)[nH]1.Nc1nc2c(ncn2[C@@H]2O[C@@H]3COP(O)(=S)O[C@@H]4C(F)[C@H](n5cnc6c(N)ccnc65)O[C@@H]4COP(O)(=S)O[C@H]2C3)c(=O)[nH]1.Nc1nc2c(ncn2[C@@H]2O[C@@H]3COP(O)(=S)O[C@H]4[C@H](F)[C@H](n5nnc6c(N)ccnc65)O[C@@H]4COP(O)(=S)O[C@@H]2[C@@H]3F)c(=O)[nH]1. The summed E-state index contributed by atoms with van der Waals surface area (Å²) < 4.78 is 188. The number of ether oxygens (including phenoxy) is 6. The van der Waals surface area contributed by atoms with Gasteiger partial charge in [-0.25, -0.2) is 62.0 Å². The van der Waals surface area contributed by atoms with Gasteiger partial charge < -0.3 is 114 Å². The Balaban J connectivity index is 0.000000129. The van der Waals surface area contributed by atoms with Crippen LogP contribution in [0.2, 0.25) is 0 Å². The van der Waals surface area contributed by atoms with Crippen LogP contribution in [0, 0.1) is 0 Å². The predicted octanol–water partition coefficient (Wildman–Crippen LogP) is 1.67. The van der Waals surface area contributed by atoms with Gasteiger partial charge in [0.05, 0.1) is 101 Å². The van der Waals surface area contributed by atoms with E-state index in [1.54, 1.807) is 12.1 Å². The van der Waals surface area contributed by atoms with Gasteiger partial charge in [0.2, 0.25) is 17.8 Å². The lowest BCUT2D eigenvalue weighted by Gasteiger charge is -2.27. The molecule has 9 aliphatic heterocycles. The maximum Gasteiger partial charge on any atom is 0.386 e. The second-order valence-corrected chi connectivity index (χ2v) is 47.2. The first kappa shape index (κ1) is 94.2. The summed E-state index contributed by atoms with van der Waals surface area (Å²) in [6.07, 6.45) is -20.5. The number of halogens is 4. The van der Waals surface area contributed by atoms with Gasteiger partial charge in [0.1, 0.15) is 72.1 Å². The summed E-state index contributed by atoms with van der Waals surface area (Å²) in [6, 6.07) is 4.57. The highest BCUT2D eigenvalue weighted by Crippen LogP contribution is 2.61. The first-order chi connectivity index (χ1) is 63.1. The van der Waals surface area contributed by atoms with Crippen molar-refractivity contribution < 1.29 is 129 Å². The number of H-pyrrole nitrogens is 3. The lowest BCUT2D eigenvalue weighted by Crippen LogP contribution is -2.34. The first-order valence-electron chi connectivity index (χ1n) is 38.8. The summed E-state index contributed by atoms with van der Waals surface area (Å²) in [7, 11) is 0. The lowest BCUT2D eigenvalue weighted by molar-refractivity contribution is -0.0617. The molecule has 0 aliphatic carbocycles. The van der Waals surface area contributed by atoms with Gasteiger partial charge in [0, 0.05) is 31.4 Å². The third-order valence-corrected chi connectivity index (χ3v) is 31.2. The molecule has 12 aromatic rings.